The zero-order chi connectivity index (χ0) is 10.0. The van der Waals surface area contributed by atoms with Crippen LogP contribution in [0.5, 0.6) is 0 Å². The minimum Gasteiger partial charge on any atom is -0.314 e. The molecule has 0 atom stereocenters. The molecule has 1 saturated carbocycles. The molecule has 82 valence electrons. The summed E-state index contributed by atoms with van der Waals surface area (Å²) in [5.41, 5.74) is 0.581. The maximum atomic E-state index is 3.57. The first-order valence-corrected chi connectivity index (χ1v) is 6.23. The molecule has 0 spiro atoms. The first kappa shape index (κ1) is 10.4. The Balaban J connectivity index is 1.78. The van der Waals surface area contributed by atoms with Crippen molar-refractivity contribution in [3.8, 4) is 0 Å². The summed E-state index contributed by atoms with van der Waals surface area (Å²) in [6.45, 7) is 8.41. The fourth-order valence-corrected chi connectivity index (χ4v) is 2.92. The molecule has 0 unspecified atom stereocenters. The molecule has 2 aliphatic rings. The lowest BCUT2D eigenvalue weighted by Crippen LogP contribution is -2.56. The van der Waals surface area contributed by atoms with Crippen molar-refractivity contribution in [3.63, 3.8) is 0 Å². The quantitative estimate of drug-likeness (QED) is 0.743. The van der Waals surface area contributed by atoms with Gasteiger partial charge in [-0.25, -0.2) is 0 Å². The Morgan fingerprint density at radius 3 is 2.36 bits per heavy atom. The summed E-state index contributed by atoms with van der Waals surface area (Å²) < 4.78 is 0. The number of nitrogens with zero attached hydrogens (tertiary/aromatic N) is 1. The molecule has 1 N–H and O–H groups in total. The van der Waals surface area contributed by atoms with Crippen molar-refractivity contribution in [2.24, 2.45) is 0 Å². The molecular formula is C12H24N2. The number of hydrogen-bond donors (Lipinski definition) is 1. The van der Waals surface area contributed by atoms with Crippen LogP contribution in [0.15, 0.2) is 0 Å². The van der Waals surface area contributed by atoms with E-state index in [0.29, 0.717) is 5.54 Å². The second kappa shape index (κ2) is 4.19. The number of rotatable bonds is 3. The van der Waals surface area contributed by atoms with Crippen LogP contribution in [0.2, 0.25) is 0 Å². The summed E-state index contributed by atoms with van der Waals surface area (Å²) in [6.07, 6.45) is 7.01. The molecule has 2 rings (SSSR count). The summed E-state index contributed by atoms with van der Waals surface area (Å²) >= 11 is 0. The van der Waals surface area contributed by atoms with Crippen molar-refractivity contribution in [3.05, 3.63) is 0 Å². The summed E-state index contributed by atoms with van der Waals surface area (Å²) in [5, 5.41) is 3.57. The van der Waals surface area contributed by atoms with Crippen LogP contribution in [0.1, 0.15) is 46.0 Å². The fourth-order valence-electron chi connectivity index (χ4n) is 2.92. The first-order valence-electron chi connectivity index (χ1n) is 6.23. The highest BCUT2D eigenvalue weighted by atomic mass is 15.2. The largest absolute Gasteiger partial charge is 0.314 e. The molecular weight excluding hydrogens is 172 g/mol. The standard InChI is InChI=1S/C12H24N2/c1-3-13-11-5-9-14(10-6-11)12(2)7-4-8-12/h11,13H,3-10H2,1-2H3. The van der Waals surface area contributed by atoms with Crippen LogP contribution >= 0.6 is 0 Å². The smallest absolute Gasteiger partial charge is 0.0181 e. The second-order valence-electron chi connectivity index (χ2n) is 5.17. The summed E-state index contributed by atoms with van der Waals surface area (Å²) in [6, 6.07) is 0.792. The third-order valence-corrected chi connectivity index (χ3v) is 4.18. The first-order chi connectivity index (χ1) is 6.74. The van der Waals surface area contributed by atoms with Gasteiger partial charge in [-0.15, -0.1) is 0 Å². The highest BCUT2D eigenvalue weighted by molar-refractivity contribution is 4.96. The zero-order valence-electron chi connectivity index (χ0n) is 9.68. The second-order valence-corrected chi connectivity index (χ2v) is 5.17. The van der Waals surface area contributed by atoms with E-state index in [1.165, 1.54) is 45.2 Å². The van der Waals surface area contributed by atoms with Crippen LogP contribution in [0.3, 0.4) is 0 Å². The molecule has 0 aromatic heterocycles. The van der Waals surface area contributed by atoms with Crippen LogP contribution in [-0.2, 0) is 0 Å². The van der Waals surface area contributed by atoms with Gasteiger partial charge in [0.05, 0.1) is 0 Å². The lowest BCUT2D eigenvalue weighted by molar-refractivity contribution is 0.0109. The van der Waals surface area contributed by atoms with Gasteiger partial charge in [0.15, 0.2) is 0 Å². The lowest BCUT2D eigenvalue weighted by Gasteiger charge is -2.50. The third-order valence-electron chi connectivity index (χ3n) is 4.18. The van der Waals surface area contributed by atoms with Gasteiger partial charge in [-0.1, -0.05) is 6.92 Å². The number of likely N-dealkylation sites (tertiary alicyclic amines) is 1. The van der Waals surface area contributed by atoms with E-state index in [-0.39, 0.29) is 0 Å². The van der Waals surface area contributed by atoms with E-state index in [0.717, 1.165) is 12.6 Å². The maximum Gasteiger partial charge on any atom is 0.0181 e. The predicted octanol–water partition coefficient (Wildman–Crippen LogP) is 2.00. The highest BCUT2D eigenvalue weighted by Gasteiger charge is 2.38. The van der Waals surface area contributed by atoms with Crippen LogP contribution in [0.4, 0.5) is 0 Å². The molecule has 0 radical (unpaired) electrons. The minimum atomic E-state index is 0.581. The van der Waals surface area contributed by atoms with E-state index in [2.05, 4.69) is 24.1 Å². The van der Waals surface area contributed by atoms with E-state index in [4.69, 9.17) is 0 Å². The fraction of sp³-hybridized carbons (Fsp3) is 1.00. The Morgan fingerprint density at radius 2 is 1.93 bits per heavy atom. The predicted molar refractivity (Wildman–Crippen MR) is 60.5 cm³/mol. The average Bonchev–Trinajstić information content (AvgIpc) is 2.16. The van der Waals surface area contributed by atoms with Crippen LogP contribution < -0.4 is 5.32 Å². The van der Waals surface area contributed by atoms with E-state index in [1.807, 2.05) is 0 Å². The van der Waals surface area contributed by atoms with Gasteiger partial charge in [-0.05, 0) is 45.6 Å². The minimum absolute atomic E-state index is 0.581. The molecule has 2 heteroatoms. The van der Waals surface area contributed by atoms with E-state index >= 15 is 0 Å². The van der Waals surface area contributed by atoms with Gasteiger partial charge in [0.2, 0.25) is 0 Å². The van der Waals surface area contributed by atoms with Gasteiger partial charge < -0.3 is 5.32 Å². The molecule has 1 saturated heterocycles. The van der Waals surface area contributed by atoms with Crippen LogP contribution in [0, 0.1) is 0 Å². The van der Waals surface area contributed by atoms with Crippen molar-refractivity contribution in [1.82, 2.24) is 10.2 Å². The van der Waals surface area contributed by atoms with Crippen LogP contribution in [-0.4, -0.2) is 36.1 Å². The monoisotopic (exact) mass is 196 g/mol. The van der Waals surface area contributed by atoms with Crippen molar-refractivity contribution < 1.29 is 0 Å². The average molecular weight is 196 g/mol. The molecule has 0 aromatic rings. The Bertz CT molecular complexity index is 179. The molecule has 1 aliphatic heterocycles. The third kappa shape index (κ3) is 1.96. The van der Waals surface area contributed by atoms with E-state index < -0.39 is 0 Å². The summed E-state index contributed by atoms with van der Waals surface area (Å²) in [5.74, 6) is 0. The topological polar surface area (TPSA) is 15.3 Å². The summed E-state index contributed by atoms with van der Waals surface area (Å²) in [4.78, 5) is 2.73. The van der Waals surface area contributed by atoms with Gasteiger partial charge in [0, 0.05) is 24.7 Å². The van der Waals surface area contributed by atoms with E-state index in [1.54, 1.807) is 0 Å². The van der Waals surface area contributed by atoms with Gasteiger partial charge in [-0.3, -0.25) is 4.90 Å². The van der Waals surface area contributed by atoms with Crippen molar-refractivity contribution in [1.29, 1.82) is 0 Å². The molecule has 2 nitrogen and oxygen atoms in total. The lowest BCUT2D eigenvalue weighted by atomic mass is 9.76. The van der Waals surface area contributed by atoms with E-state index in [9.17, 15) is 0 Å². The van der Waals surface area contributed by atoms with Gasteiger partial charge in [-0.2, -0.15) is 0 Å². The normalized spacial score (nSPS) is 28.7. The molecule has 0 aromatic carbocycles. The SMILES string of the molecule is CCNC1CCN(C2(C)CCC2)CC1. The Labute approximate surface area is 88.1 Å². The van der Waals surface area contributed by atoms with Crippen molar-refractivity contribution in [2.45, 2.75) is 57.5 Å². The molecule has 1 aliphatic carbocycles. The van der Waals surface area contributed by atoms with Crippen molar-refractivity contribution >= 4 is 0 Å². The molecule has 14 heavy (non-hydrogen) atoms. The van der Waals surface area contributed by atoms with Gasteiger partial charge >= 0.3 is 0 Å². The van der Waals surface area contributed by atoms with Crippen LogP contribution in [0.25, 0.3) is 0 Å². The Kier molecular flexibility index (Phi) is 3.13. The Hall–Kier alpha value is -0.0800. The molecule has 0 bridgehead atoms. The molecule has 1 heterocycles. The van der Waals surface area contributed by atoms with Crippen molar-refractivity contribution in [2.75, 3.05) is 19.6 Å². The zero-order valence-corrected chi connectivity index (χ0v) is 9.68. The molecule has 2 fully saturated rings. The number of piperidine rings is 1. The summed E-state index contributed by atoms with van der Waals surface area (Å²) in [7, 11) is 0. The number of nitrogens with one attached hydrogen (secondary N) is 1. The Morgan fingerprint density at radius 1 is 1.29 bits per heavy atom. The highest BCUT2D eigenvalue weighted by Crippen LogP contribution is 2.38. The van der Waals surface area contributed by atoms with Gasteiger partial charge in [0.25, 0.3) is 0 Å². The molecule has 0 amide bonds. The number of hydrogen-bond acceptors (Lipinski definition) is 2. The maximum absolute atomic E-state index is 3.57. The van der Waals surface area contributed by atoms with Gasteiger partial charge in [0.1, 0.15) is 0 Å².